The van der Waals surface area contributed by atoms with Crippen molar-refractivity contribution in [3.05, 3.63) is 53.8 Å². The third kappa shape index (κ3) is 1.85. The summed E-state index contributed by atoms with van der Waals surface area (Å²) in [6.45, 7) is 0. The minimum atomic E-state index is 0.707. The molecular weight excluding hydrogens is 248 g/mol. The molecule has 0 aliphatic carbocycles. The third-order valence-electron chi connectivity index (χ3n) is 2.94. The van der Waals surface area contributed by atoms with Crippen LogP contribution in [0.1, 0.15) is 0 Å². The molecule has 0 atom stereocenters. The second-order valence-electron chi connectivity index (χ2n) is 4.02. The maximum atomic E-state index is 6.02. The van der Waals surface area contributed by atoms with Crippen LogP contribution in [0.3, 0.4) is 0 Å². The first-order chi connectivity index (χ1) is 8.78. The van der Waals surface area contributed by atoms with Gasteiger partial charge >= 0.3 is 0 Å². The molecule has 0 bridgehead atoms. The van der Waals surface area contributed by atoms with Crippen LogP contribution in [0.5, 0.6) is 5.75 Å². The summed E-state index contributed by atoms with van der Waals surface area (Å²) in [5.41, 5.74) is 2.96. The van der Waals surface area contributed by atoms with E-state index >= 15 is 0 Å². The van der Waals surface area contributed by atoms with Gasteiger partial charge in [-0.15, -0.1) is 0 Å². The minimum absolute atomic E-state index is 0.707. The summed E-state index contributed by atoms with van der Waals surface area (Å²) in [6.07, 6.45) is 1.75. The van der Waals surface area contributed by atoms with Crippen molar-refractivity contribution in [2.45, 2.75) is 0 Å². The number of methoxy groups -OCH3 is 1. The Hall–Kier alpha value is -1.93. The molecule has 90 valence electrons. The van der Waals surface area contributed by atoms with Crippen LogP contribution >= 0.6 is 11.6 Å². The summed E-state index contributed by atoms with van der Waals surface area (Å²) in [6, 6.07) is 13.5. The molecule has 2 aromatic carbocycles. The molecule has 3 aromatic rings. The topological polar surface area (TPSA) is 22.4 Å². The molecule has 1 aromatic heterocycles. The van der Waals surface area contributed by atoms with Crippen LogP contribution in [0.25, 0.3) is 22.1 Å². The van der Waals surface area contributed by atoms with Crippen molar-refractivity contribution in [1.82, 2.24) is 0 Å². The van der Waals surface area contributed by atoms with E-state index in [-0.39, 0.29) is 0 Å². The molecule has 0 aliphatic heterocycles. The maximum absolute atomic E-state index is 6.02. The summed E-state index contributed by atoms with van der Waals surface area (Å²) in [4.78, 5) is 0. The quantitative estimate of drug-likeness (QED) is 0.661. The van der Waals surface area contributed by atoms with Gasteiger partial charge in [-0.2, -0.15) is 0 Å². The molecule has 0 aliphatic rings. The highest BCUT2D eigenvalue weighted by molar-refractivity contribution is 6.31. The van der Waals surface area contributed by atoms with Crippen molar-refractivity contribution in [2.24, 2.45) is 0 Å². The average Bonchev–Trinajstić information content (AvgIpc) is 2.82. The van der Waals surface area contributed by atoms with Crippen molar-refractivity contribution in [3.8, 4) is 16.9 Å². The van der Waals surface area contributed by atoms with E-state index in [0.29, 0.717) is 5.02 Å². The summed E-state index contributed by atoms with van der Waals surface area (Å²) in [7, 11) is 1.65. The highest BCUT2D eigenvalue weighted by Crippen LogP contribution is 2.33. The van der Waals surface area contributed by atoms with Gasteiger partial charge in [0.25, 0.3) is 0 Å². The van der Waals surface area contributed by atoms with E-state index in [2.05, 4.69) is 0 Å². The molecule has 0 spiro atoms. The second kappa shape index (κ2) is 4.39. The Morgan fingerprint density at radius 2 is 1.83 bits per heavy atom. The van der Waals surface area contributed by atoms with Gasteiger partial charge in [-0.1, -0.05) is 23.7 Å². The molecular formula is C15H11ClO2. The van der Waals surface area contributed by atoms with Crippen LogP contribution in [0, 0.1) is 0 Å². The summed E-state index contributed by atoms with van der Waals surface area (Å²) in [5.74, 6) is 0.838. The fourth-order valence-corrected chi connectivity index (χ4v) is 2.17. The number of hydrogen-bond acceptors (Lipinski definition) is 2. The summed E-state index contributed by atoms with van der Waals surface area (Å²) >= 11 is 6.02. The Balaban J connectivity index is 2.15. The van der Waals surface area contributed by atoms with Gasteiger partial charge in [0.2, 0.25) is 0 Å². The van der Waals surface area contributed by atoms with E-state index < -0.39 is 0 Å². The van der Waals surface area contributed by atoms with Gasteiger partial charge < -0.3 is 9.15 Å². The molecule has 0 saturated heterocycles. The Morgan fingerprint density at radius 3 is 2.56 bits per heavy atom. The molecule has 3 heteroatoms. The van der Waals surface area contributed by atoms with Crippen LogP contribution in [0.15, 0.2) is 53.1 Å². The predicted molar refractivity (Wildman–Crippen MR) is 73.2 cm³/mol. The minimum Gasteiger partial charge on any atom is -0.497 e. The van der Waals surface area contributed by atoms with Gasteiger partial charge in [-0.25, -0.2) is 0 Å². The van der Waals surface area contributed by atoms with Crippen molar-refractivity contribution in [3.63, 3.8) is 0 Å². The van der Waals surface area contributed by atoms with Crippen molar-refractivity contribution >= 4 is 22.6 Å². The van der Waals surface area contributed by atoms with E-state index in [4.69, 9.17) is 20.8 Å². The summed E-state index contributed by atoms with van der Waals surface area (Å²) < 4.78 is 10.7. The SMILES string of the molecule is COc1ccc(-c2coc3ccc(Cl)cc23)cc1. The zero-order chi connectivity index (χ0) is 12.5. The average molecular weight is 259 g/mol. The first kappa shape index (κ1) is 11.2. The predicted octanol–water partition coefficient (Wildman–Crippen LogP) is 4.76. The molecule has 0 N–H and O–H groups in total. The zero-order valence-corrected chi connectivity index (χ0v) is 10.6. The molecule has 3 rings (SSSR count). The molecule has 1 heterocycles. The van der Waals surface area contributed by atoms with Crippen LogP contribution in [-0.2, 0) is 0 Å². The van der Waals surface area contributed by atoms with E-state index in [1.807, 2.05) is 42.5 Å². The van der Waals surface area contributed by atoms with Crippen LogP contribution in [-0.4, -0.2) is 7.11 Å². The first-order valence-electron chi connectivity index (χ1n) is 5.59. The molecule has 0 saturated carbocycles. The fourth-order valence-electron chi connectivity index (χ4n) is 2.00. The Labute approximate surface area is 110 Å². The number of halogens is 1. The van der Waals surface area contributed by atoms with E-state index in [1.165, 1.54) is 0 Å². The number of hydrogen-bond donors (Lipinski definition) is 0. The smallest absolute Gasteiger partial charge is 0.134 e. The third-order valence-corrected chi connectivity index (χ3v) is 3.17. The van der Waals surface area contributed by atoms with Crippen molar-refractivity contribution in [2.75, 3.05) is 7.11 Å². The lowest BCUT2D eigenvalue weighted by molar-refractivity contribution is 0.415. The molecule has 0 fully saturated rings. The normalized spacial score (nSPS) is 10.8. The lowest BCUT2D eigenvalue weighted by Gasteiger charge is -2.02. The maximum Gasteiger partial charge on any atom is 0.134 e. The van der Waals surface area contributed by atoms with Gasteiger partial charge in [0.15, 0.2) is 0 Å². The van der Waals surface area contributed by atoms with Gasteiger partial charge in [-0.3, -0.25) is 0 Å². The van der Waals surface area contributed by atoms with Gasteiger partial charge in [0.05, 0.1) is 13.4 Å². The van der Waals surface area contributed by atoms with E-state index in [9.17, 15) is 0 Å². The van der Waals surface area contributed by atoms with Crippen LogP contribution in [0.2, 0.25) is 5.02 Å². The summed E-state index contributed by atoms with van der Waals surface area (Å²) in [5, 5.41) is 1.73. The van der Waals surface area contributed by atoms with Gasteiger partial charge in [0.1, 0.15) is 11.3 Å². The molecule has 0 unspecified atom stereocenters. The van der Waals surface area contributed by atoms with Crippen molar-refractivity contribution in [1.29, 1.82) is 0 Å². The second-order valence-corrected chi connectivity index (χ2v) is 4.45. The highest BCUT2D eigenvalue weighted by atomic mass is 35.5. The number of ether oxygens (including phenoxy) is 1. The fraction of sp³-hybridized carbons (Fsp3) is 0.0667. The lowest BCUT2D eigenvalue weighted by Crippen LogP contribution is -1.82. The first-order valence-corrected chi connectivity index (χ1v) is 5.97. The van der Waals surface area contributed by atoms with E-state index in [1.54, 1.807) is 13.4 Å². The van der Waals surface area contributed by atoms with Crippen molar-refractivity contribution < 1.29 is 9.15 Å². The lowest BCUT2D eigenvalue weighted by atomic mass is 10.0. The van der Waals surface area contributed by atoms with Crippen LogP contribution in [0.4, 0.5) is 0 Å². The van der Waals surface area contributed by atoms with E-state index in [0.717, 1.165) is 27.8 Å². The monoisotopic (exact) mass is 258 g/mol. The van der Waals surface area contributed by atoms with Crippen LogP contribution < -0.4 is 4.74 Å². The molecule has 0 radical (unpaired) electrons. The highest BCUT2D eigenvalue weighted by Gasteiger charge is 2.08. The molecule has 18 heavy (non-hydrogen) atoms. The largest absolute Gasteiger partial charge is 0.497 e. The standard InChI is InChI=1S/C15H11ClO2/c1-17-12-5-2-10(3-6-12)14-9-18-15-7-4-11(16)8-13(14)15/h2-9H,1H3. The number of furan rings is 1. The van der Waals surface area contributed by atoms with Gasteiger partial charge in [-0.05, 0) is 35.9 Å². The molecule has 0 amide bonds. The number of benzene rings is 2. The van der Waals surface area contributed by atoms with Gasteiger partial charge in [0, 0.05) is 16.0 Å². The Kier molecular flexibility index (Phi) is 2.73. The number of fused-ring (bicyclic) bond motifs is 1. The Morgan fingerprint density at radius 1 is 1.06 bits per heavy atom. The number of rotatable bonds is 2. The molecule has 2 nitrogen and oxygen atoms in total. The Bertz CT molecular complexity index is 683. The zero-order valence-electron chi connectivity index (χ0n) is 9.81.